The lowest BCUT2D eigenvalue weighted by Crippen LogP contribution is -2.44. The molecule has 1 unspecified atom stereocenters. The number of aliphatic hydroxyl groups excluding tert-OH is 1. The molecule has 128 valence electrons. The van der Waals surface area contributed by atoms with Crippen molar-refractivity contribution in [1.29, 1.82) is 0 Å². The van der Waals surface area contributed by atoms with Crippen molar-refractivity contribution < 1.29 is 24.1 Å². The Morgan fingerprint density at radius 3 is 2.39 bits per heavy atom. The van der Waals surface area contributed by atoms with Gasteiger partial charge in [-0.05, 0) is 50.5 Å². The maximum absolute atomic E-state index is 12.4. The quantitative estimate of drug-likeness (QED) is 0.926. The molecule has 23 heavy (non-hydrogen) atoms. The van der Waals surface area contributed by atoms with Crippen LogP contribution in [0.2, 0.25) is 0 Å². The zero-order valence-electron chi connectivity index (χ0n) is 14.4. The molecule has 0 fully saturated rings. The Labute approximate surface area is 136 Å². The highest BCUT2D eigenvalue weighted by atomic mass is 16.6. The second-order valence-corrected chi connectivity index (χ2v) is 6.53. The van der Waals surface area contributed by atoms with Gasteiger partial charge in [0.05, 0.1) is 26.9 Å². The van der Waals surface area contributed by atoms with E-state index in [9.17, 15) is 9.90 Å². The summed E-state index contributed by atoms with van der Waals surface area (Å²) < 4.78 is 16.1. The highest BCUT2D eigenvalue weighted by Gasteiger charge is 2.34. The predicted octanol–water partition coefficient (Wildman–Crippen LogP) is 2.53. The zero-order valence-corrected chi connectivity index (χ0v) is 14.4. The van der Waals surface area contributed by atoms with Gasteiger partial charge in [-0.2, -0.15) is 0 Å². The minimum atomic E-state index is -0.574. The van der Waals surface area contributed by atoms with Crippen LogP contribution < -0.4 is 9.47 Å². The van der Waals surface area contributed by atoms with E-state index in [1.54, 1.807) is 19.1 Å². The summed E-state index contributed by atoms with van der Waals surface area (Å²) in [6.07, 6.45) is 0.253. The van der Waals surface area contributed by atoms with Crippen LogP contribution >= 0.6 is 0 Å². The fourth-order valence-corrected chi connectivity index (χ4v) is 2.76. The molecule has 0 saturated heterocycles. The molecule has 0 aliphatic carbocycles. The van der Waals surface area contributed by atoms with Crippen LogP contribution in [0.5, 0.6) is 11.5 Å². The number of hydrogen-bond acceptors (Lipinski definition) is 5. The minimum absolute atomic E-state index is 0.179. The van der Waals surface area contributed by atoms with Gasteiger partial charge in [-0.15, -0.1) is 0 Å². The number of methoxy groups -OCH3 is 2. The number of carbonyl (C=O) groups excluding carboxylic acids is 1. The number of fused-ring (bicyclic) bond motifs is 1. The second kappa shape index (κ2) is 6.66. The molecule has 0 aromatic heterocycles. The fraction of sp³-hybridized carbons (Fsp3) is 0.588. The molecule has 1 amide bonds. The largest absolute Gasteiger partial charge is 0.493 e. The maximum atomic E-state index is 12.4. The molecule has 1 N–H and O–H groups in total. The number of amides is 1. The first-order chi connectivity index (χ1) is 10.8. The third kappa shape index (κ3) is 3.69. The summed E-state index contributed by atoms with van der Waals surface area (Å²) >= 11 is 0. The van der Waals surface area contributed by atoms with E-state index in [0.717, 1.165) is 11.1 Å². The molecule has 1 aliphatic rings. The number of carbonyl (C=O) groups is 1. The van der Waals surface area contributed by atoms with Gasteiger partial charge in [-0.3, -0.25) is 4.90 Å². The van der Waals surface area contributed by atoms with Crippen LogP contribution in [0, 0.1) is 0 Å². The van der Waals surface area contributed by atoms with Crippen molar-refractivity contribution in [2.45, 2.75) is 38.8 Å². The molecule has 6 heteroatoms. The number of hydrogen-bond donors (Lipinski definition) is 1. The molecule has 1 aromatic carbocycles. The highest BCUT2D eigenvalue weighted by Crippen LogP contribution is 2.38. The number of aliphatic hydroxyl groups is 1. The van der Waals surface area contributed by atoms with Crippen molar-refractivity contribution in [3.8, 4) is 11.5 Å². The first-order valence-corrected chi connectivity index (χ1v) is 7.66. The van der Waals surface area contributed by atoms with Crippen LogP contribution in [-0.4, -0.2) is 49.1 Å². The Balaban J connectivity index is 2.35. The Morgan fingerprint density at radius 1 is 1.26 bits per heavy atom. The van der Waals surface area contributed by atoms with Crippen molar-refractivity contribution in [3.63, 3.8) is 0 Å². The molecular weight excluding hydrogens is 298 g/mol. The van der Waals surface area contributed by atoms with Crippen molar-refractivity contribution in [2.24, 2.45) is 0 Å². The van der Waals surface area contributed by atoms with Crippen LogP contribution in [0.15, 0.2) is 12.1 Å². The van der Waals surface area contributed by atoms with Crippen LogP contribution in [0.3, 0.4) is 0 Å². The highest BCUT2D eigenvalue weighted by molar-refractivity contribution is 5.70. The van der Waals surface area contributed by atoms with E-state index in [4.69, 9.17) is 14.2 Å². The number of nitrogens with zero attached hydrogens (tertiary/aromatic N) is 1. The summed E-state index contributed by atoms with van der Waals surface area (Å²) in [5.41, 5.74) is 1.33. The van der Waals surface area contributed by atoms with E-state index in [2.05, 4.69) is 0 Å². The summed E-state index contributed by atoms with van der Waals surface area (Å²) in [4.78, 5) is 14.0. The summed E-state index contributed by atoms with van der Waals surface area (Å²) in [5.74, 6) is 1.23. The lowest BCUT2D eigenvalue weighted by atomic mass is 9.92. The Bertz CT molecular complexity index is 579. The molecule has 1 aromatic rings. The minimum Gasteiger partial charge on any atom is -0.493 e. The van der Waals surface area contributed by atoms with E-state index in [1.807, 2.05) is 32.9 Å². The molecule has 1 heterocycles. The van der Waals surface area contributed by atoms with E-state index < -0.39 is 17.7 Å². The zero-order chi connectivity index (χ0) is 17.2. The Kier molecular flexibility index (Phi) is 5.04. The first-order valence-electron chi connectivity index (χ1n) is 7.66. The van der Waals surface area contributed by atoms with Crippen LogP contribution in [0.25, 0.3) is 0 Å². The van der Waals surface area contributed by atoms with E-state index in [0.29, 0.717) is 24.5 Å². The summed E-state index contributed by atoms with van der Waals surface area (Å²) in [6.45, 7) is 5.78. The van der Waals surface area contributed by atoms with Crippen LogP contribution in [0.4, 0.5) is 4.79 Å². The molecule has 1 atom stereocenters. The molecule has 0 saturated carbocycles. The third-order valence-corrected chi connectivity index (χ3v) is 3.80. The molecule has 0 bridgehead atoms. The van der Waals surface area contributed by atoms with Gasteiger partial charge in [0.2, 0.25) is 0 Å². The average molecular weight is 323 g/mol. The van der Waals surface area contributed by atoms with Gasteiger partial charge in [0.25, 0.3) is 0 Å². The molecule has 6 nitrogen and oxygen atoms in total. The van der Waals surface area contributed by atoms with Crippen molar-refractivity contribution in [2.75, 3.05) is 27.4 Å². The molecular formula is C17H25NO5. The summed E-state index contributed by atoms with van der Waals surface area (Å²) in [5, 5.41) is 9.82. The molecule has 2 rings (SSSR count). The van der Waals surface area contributed by atoms with Gasteiger partial charge in [-0.25, -0.2) is 4.79 Å². The van der Waals surface area contributed by atoms with Crippen LogP contribution in [0.1, 0.15) is 37.9 Å². The average Bonchev–Trinajstić information content (AvgIpc) is 2.50. The molecule has 0 radical (unpaired) electrons. The lowest BCUT2D eigenvalue weighted by molar-refractivity contribution is 0.00690. The normalized spacial score (nSPS) is 17.5. The van der Waals surface area contributed by atoms with Gasteiger partial charge in [0.1, 0.15) is 5.60 Å². The summed E-state index contributed by atoms with van der Waals surface area (Å²) in [6, 6.07) is 3.28. The van der Waals surface area contributed by atoms with E-state index in [1.165, 1.54) is 0 Å². The number of rotatable bonds is 3. The topological polar surface area (TPSA) is 68.2 Å². The van der Waals surface area contributed by atoms with Gasteiger partial charge in [-0.1, -0.05) is 0 Å². The van der Waals surface area contributed by atoms with Gasteiger partial charge >= 0.3 is 6.09 Å². The second-order valence-electron chi connectivity index (χ2n) is 6.53. The first kappa shape index (κ1) is 17.4. The van der Waals surface area contributed by atoms with E-state index >= 15 is 0 Å². The monoisotopic (exact) mass is 323 g/mol. The van der Waals surface area contributed by atoms with Crippen molar-refractivity contribution >= 4 is 6.09 Å². The fourth-order valence-electron chi connectivity index (χ4n) is 2.76. The standard InChI is InChI=1S/C17H25NO5/c1-17(2,3)23-16(20)18-7-6-11-8-14(21-4)15(22-5)9-12(11)13(18)10-19/h8-9,13,19H,6-7,10H2,1-5H3. The number of ether oxygens (including phenoxy) is 3. The molecule has 0 spiro atoms. The number of benzene rings is 1. The lowest BCUT2D eigenvalue weighted by Gasteiger charge is -2.37. The maximum Gasteiger partial charge on any atom is 0.410 e. The van der Waals surface area contributed by atoms with Gasteiger partial charge in [0, 0.05) is 6.54 Å². The van der Waals surface area contributed by atoms with E-state index in [-0.39, 0.29) is 6.61 Å². The third-order valence-electron chi connectivity index (χ3n) is 3.80. The van der Waals surface area contributed by atoms with Crippen molar-refractivity contribution in [1.82, 2.24) is 4.90 Å². The summed E-state index contributed by atoms with van der Waals surface area (Å²) in [7, 11) is 3.15. The van der Waals surface area contributed by atoms with Crippen LogP contribution in [-0.2, 0) is 11.2 Å². The smallest absolute Gasteiger partial charge is 0.410 e. The van der Waals surface area contributed by atoms with Gasteiger partial charge < -0.3 is 19.3 Å². The Hall–Kier alpha value is -1.95. The van der Waals surface area contributed by atoms with Gasteiger partial charge in [0.15, 0.2) is 11.5 Å². The SMILES string of the molecule is COc1cc2c(cc1OC)C(CO)N(C(=O)OC(C)(C)C)CC2. The predicted molar refractivity (Wildman–Crippen MR) is 86.0 cm³/mol. The molecule has 1 aliphatic heterocycles. The Morgan fingerprint density at radius 2 is 1.87 bits per heavy atom. The van der Waals surface area contributed by atoms with Crippen molar-refractivity contribution in [3.05, 3.63) is 23.3 Å².